The van der Waals surface area contributed by atoms with Crippen LogP contribution in [0.1, 0.15) is 0 Å². The zero-order valence-electron chi connectivity index (χ0n) is 3.87. The lowest BCUT2D eigenvalue weighted by molar-refractivity contribution is 1.27. The topological polar surface area (TPSA) is 38.9 Å². The van der Waals surface area contributed by atoms with Crippen LogP contribution in [0.15, 0.2) is 17.1 Å². The van der Waals surface area contributed by atoms with Crippen LogP contribution in [0.3, 0.4) is 0 Å². The molecule has 2 N–H and O–H groups in total. The number of hydrogen-bond acceptors (Lipinski definition) is 2. The second-order valence-electron chi connectivity index (χ2n) is 1.18. The Morgan fingerprint density at radius 1 is 1.71 bits per heavy atom. The minimum atomic E-state index is 0.171. The average molecular weight is 115 g/mol. The van der Waals surface area contributed by atoms with Crippen molar-refractivity contribution in [3.05, 3.63) is 17.1 Å². The highest BCUT2D eigenvalue weighted by Gasteiger charge is 1.93. The summed E-state index contributed by atoms with van der Waals surface area (Å²) < 4.78 is 0. The molecule has 7 heavy (non-hydrogen) atoms. The lowest BCUT2D eigenvalue weighted by Crippen LogP contribution is -1.85. The summed E-state index contributed by atoms with van der Waals surface area (Å²) in [4.78, 5) is 3.86. The first-order valence-electron chi connectivity index (χ1n) is 2.02. The fourth-order valence-corrected chi connectivity index (χ4v) is 1.08. The first-order chi connectivity index (χ1) is 3.43. The van der Waals surface area contributed by atoms with E-state index in [0.717, 1.165) is 0 Å². The fraction of sp³-hybridized carbons (Fsp3) is 0.250. The summed E-state index contributed by atoms with van der Waals surface area (Å²) in [7, 11) is 0.171. The molecule has 1 unspecified atom stereocenters. The molecule has 0 aliphatic heterocycles. The van der Waals surface area contributed by atoms with E-state index in [-0.39, 0.29) is 10.5 Å². The van der Waals surface area contributed by atoms with E-state index in [1.165, 1.54) is 0 Å². The standard InChI is InChI=1S/C4H7N2S/c5-3-7-2-1-6-4-7/h1-2,4H,3,5H2/q+1. The molecule has 0 aromatic carbocycles. The molecule has 38 valence electrons. The quantitative estimate of drug-likeness (QED) is 0.548. The zero-order valence-corrected chi connectivity index (χ0v) is 4.69. The predicted octanol–water partition coefficient (Wildman–Crippen LogP) is 0.747. The van der Waals surface area contributed by atoms with E-state index in [1.807, 2.05) is 10.9 Å². The lowest BCUT2D eigenvalue weighted by Gasteiger charge is -1.69. The van der Waals surface area contributed by atoms with Crippen molar-refractivity contribution in [3.8, 4) is 0 Å². The first kappa shape index (κ1) is 4.74. The van der Waals surface area contributed by atoms with Crippen molar-refractivity contribution < 1.29 is 0 Å². The van der Waals surface area contributed by atoms with E-state index < -0.39 is 0 Å². The van der Waals surface area contributed by atoms with Gasteiger partial charge in [-0.15, -0.1) is 0 Å². The molecular formula is C4H7N2S+. The summed E-state index contributed by atoms with van der Waals surface area (Å²) in [5, 5.41) is 2.01. The number of hydrogen-bond donors (Lipinski definition) is 1. The van der Waals surface area contributed by atoms with Gasteiger partial charge in [-0.25, -0.2) is 4.98 Å². The van der Waals surface area contributed by atoms with Crippen molar-refractivity contribution >= 4 is 10.5 Å². The van der Waals surface area contributed by atoms with Crippen LogP contribution in [0.4, 0.5) is 0 Å². The molecular weight excluding hydrogens is 108 g/mol. The number of nitrogens with zero attached hydrogens (tertiary/aromatic N) is 1. The van der Waals surface area contributed by atoms with Gasteiger partial charge in [0.15, 0.2) is 11.3 Å². The molecule has 0 amide bonds. The second-order valence-corrected chi connectivity index (χ2v) is 2.93. The molecule has 1 aromatic rings. The Hall–Kier alpha value is -0.410. The van der Waals surface area contributed by atoms with E-state index in [9.17, 15) is 0 Å². The van der Waals surface area contributed by atoms with Crippen molar-refractivity contribution in [1.82, 2.24) is 4.98 Å². The van der Waals surface area contributed by atoms with Crippen LogP contribution in [-0.4, -0.2) is 4.98 Å². The van der Waals surface area contributed by atoms with Crippen LogP contribution < -0.4 is 5.73 Å². The monoisotopic (exact) mass is 115 g/mol. The van der Waals surface area contributed by atoms with Gasteiger partial charge in [0.2, 0.25) is 5.51 Å². The number of aromatic nitrogens is 1. The third-order valence-corrected chi connectivity index (χ3v) is 1.96. The summed E-state index contributed by atoms with van der Waals surface area (Å²) in [6.07, 6.45) is 1.79. The molecule has 1 aromatic heterocycles. The molecule has 3 heteroatoms. The zero-order chi connectivity index (χ0) is 5.11. The molecule has 0 saturated heterocycles. The normalized spacial score (nSPS) is 11.9. The minimum Gasteiger partial charge on any atom is -0.285 e. The summed E-state index contributed by atoms with van der Waals surface area (Å²) in [5.41, 5.74) is 7.18. The van der Waals surface area contributed by atoms with Crippen LogP contribution in [0, 0.1) is 0 Å². The Kier molecular flexibility index (Phi) is 1.38. The highest BCUT2D eigenvalue weighted by Crippen LogP contribution is 2.10. The maximum Gasteiger partial charge on any atom is 0.230 e. The van der Waals surface area contributed by atoms with Crippen molar-refractivity contribution in [3.63, 3.8) is 0 Å². The fourth-order valence-electron chi connectivity index (χ4n) is 0.360. The molecule has 0 spiro atoms. The number of rotatable bonds is 1. The molecule has 0 aliphatic carbocycles. The van der Waals surface area contributed by atoms with Crippen LogP contribution in [0.5, 0.6) is 0 Å². The highest BCUT2D eigenvalue weighted by molar-refractivity contribution is 7.27. The van der Waals surface area contributed by atoms with Crippen LogP contribution in [0.25, 0.3) is 0 Å². The van der Waals surface area contributed by atoms with Gasteiger partial charge in [0, 0.05) is 10.5 Å². The third kappa shape index (κ3) is 0.976. The van der Waals surface area contributed by atoms with Gasteiger partial charge in [0.25, 0.3) is 0 Å². The van der Waals surface area contributed by atoms with Gasteiger partial charge >= 0.3 is 0 Å². The molecule has 0 saturated carbocycles. The van der Waals surface area contributed by atoms with Gasteiger partial charge in [-0.05, 0) is 0 Å². The maximum absolute atomic E-state index is 5.30. The van der Waals surface area contributed by atoms with Gasteiger partial charge in [-0.3, -0.25) is 5.73 Å². The Labute approximate surface area is 45.0 Å². The van der Waals surface area contributed by atoms with E-state index in [2.05, 4.69) is 4.98 Å². The van der Waals surface area contributed by atoms with Gasteiger partial charge in [0.05, 0.1) is 6.20 Å². The molecule has 1 rings (SSSR count). The SMILES string of the molecule is NC[s+]1ccnc1. The molecule has 1 atom stereocenters. The van der Waals surface area contributed by atoms with Crippen molar-refractivity contribution in [1.29, 1.82) is 0 Å². The Bertz CT molecular complexity index is 124. The largest absolute Gasteiger partial charge is 0.285 e. The lowest BCUT2D eigenvalue weighted by atomic mass is 11.0. The molecule has 2 nitrogen and oxygen atoms in total. The number of thiazole rings is 1. The first-order valence-corrected chi connectivity index (χ1v) is 3.54. The Morgan fingerprint density at radius 3 is 2.86 bits per heavy atom. The van der Waals surface area contributed by atoms with Crippen LogP contribution >= 0.6 is 10.5 Å². The van der Waals surface area contributed by atoms with E-state index in [1.54, 1.807) is 6.20 Å². The molecule has 0 bridgehead atoms. The average Bonchev–Trinajstić information content (AvgIpc) is 2.14. The summed E-state index contributed by atoms with van der Waals surface area (Å²) >= 11 is 0. The molecule has 1 heterocycles. The van der Waals surface area contributed by atoms with E-state index >= 15 is 0 Å². The Balaban J connectivity index is 2.76. The summed E-state index contributed by atoms with van der Waals surface area (Å²) in [6.45, 7) is 0. The van der Waals surface area contributed by atoms with Crippen molar-refractivity contribution in [2.24, 2.45) is 5.73 Å². The number of nitrogens with two attached hydrogens (primary N) is 1. The van der Waals surface area contributed by atoms with Gasteiger partial charge in [-0.1, -0.05) is 0 Å². The second kappa shape index (κ2) is 2.04. The molecule has 0 aliphatic rings. The van der Waals surface area contributed by atoms with E-state index in [4.69, 9.17) is 5.73 Å². The van der Waals surface area contributed by atoms with Gasteiger partial charge < -0.3 is 0 Å². The van der Waals surface area contributed by atoms with Gasteiger partial charge in [0.1, 0.15) is 0 Å². The smallest absolute Gasteiger partial charge is 0.230 e. The van der Waals surface area contributed by atoms with Crippen LogP contribution in [0.2, 0.25) is 0 Å². The molecule has 0 fully saturated rings. The van der Waals surface area contributed by atoms with Gasteiger partial charge in [-0.2, -0.15) is 0 Å². The summed E-state index contributed by atoms with van der Waals surface area (Å²) in [5.74, 6) is 0.708. The van der Waals surface area contributed by atoms with E-state index in [0.29, 0.717) is 5.88 Å². The van der Waals surface area contributed by atoms with Crippen molar-refractivity contribution in [2.45, 2.75) is 5.88 Å². The third-order valence-electron chi connectivity index (χ3n) is 0.710. The highest BCUT2D eigenvalue weighted by atomic mass is 32.2. The van der Waals surface area contributed by atoms with Crippen LogP contribution in [-0.2, 0) is 5.88 Å². The predicted molar refractivity (Wildman–Crippen MR) is 30.9 cm³/mol. The maximum atomic E-state index is 5.30. The van der Waals surface area contributed by atoms with Crippen molar-refractivity contribution in [2.75, 3.05) is 0 Å². The molecule has 0 radical (unpaired) electrons. The summed E-state index contributed by atoms with van der Waals surface area (Å²) in [6, 6.07) is 0. The Morgan fingerprint density at radius 2 is 2.57 bits per heavy atom. The minimum absolute atomic E-state index is 0.171.